The number of rotatable bonds is 7. The van der Waals surface area contributed by atoms with Gasteiger partial charge < -0.3 is 10.1 Å². The summed E-state index contributed by atoms with van der Waals surface area (Å²) >= 11 is 11.8. The molecule has 0 amide bonds. The molecule has 0 aliphatic carbocycles. The number of hydrogen-bond donors (Lipinski definition) is 1. The van der Waals surface area contributed by atoms with Crippen LogP contribution in [0.5, 0.6) is 5.75 Å². The maximum absolute atomic E-state index is 5.99. The Kier molecular flexibility index (Phi) is 6.71. The van der Waals surface area contributed by atoms with Crippen LogP contribution in [0.25, 0.3) is 0 Å². The summed E-state index contributed by atoms with van der Waals surface area (Å²) in [5.41, 5.74) is 0. The molecule has 1 rings (SSSR count). The standard InChI is InChI=1S/C13H19Cl2NO/c1-3-4-10(2)16-7-8-17-13-6-5-11(14)9-12(13)15/h5-6,9-10,16H,3-4,7-8H2,1-2H3. The highest BCUT2D eigenvalue weighted by Gasteiger charge is 2.03. The van der Waals surface area contributed by atoms with E-state index >= 15 is 0 Å². The van der Waals surface area contributed by atoms with Gasteiger partial charge in [-0.3, -0.25) is 0 Å². The van der Waals surface area contributed by atoms with Gasteiger partial charge in [0.1, 0.15) is 12.4 Å². The molecule has 1 unspecified atom stereocenters. The lowest BCUT2D eigenvalue weighted by Crippen LogP contribution is -2.29. The Morgan fingerprint density at radius 2 is 2.12 bits per heavy atom. The highest BCUT2D eigenvalue weighted by molar-refractivity contribution is 6.35. The average Bonchev–Trinajstić information content (AvgIpc) is 2.27. The lowest BCUT2D eigenvalue weighted by molar-refractivity contribution is 0.305. The Balaban J connectivity index is 2.26. The smallest absolute Gasteiger partial charge is 0.138 e. The van der Waals surface area contributed by atoms with Gasteiger partial charge in [-0.25, -0.2) is 0 Å². The molecule has 96 valence electrons. The fraction of sp³-hybridized carbons (Fsp3) is 0.538. The van der Waals surface area contributed by atoms with Gasteiger partial charge in [0.2, 0.25) is 0 Å². The van der Waals surface area contributed by atoms with E-state index in [4.69, 9.17) is 27.9 Å². The van der Waals surface area contributed by atoms with E-state index in [0.717, 1.165) is 6.54 Å². The van der Waals surface area contributed by atoms with Gasteiger partial charge in [0, 0.05) is 17.6 Å². The van der Waals surface area contributed by atoms with E-state index in [1.54, 1.807) is 18.2 Å². The minimum absolute atomic E-state index is 0.532. The van der Waals surface area contributed by atoms with Crippen molar-refractivity contribution in [3.8, 4) is 5.75 Å². The zero-order chi connectivity index (χ0) is 12.7. The highest BCUT2D eigenvalue weighted by Crippen LogP contribution is 2.27. The molecule has 0 aromatic heterocycles. The molecule has 0 fully saturated rings. The van der Waals surface area contributed by atoms with E-state index in [1.165, 1.54) is 12.8 Å². The van der Waals surface area contributed by atoms with Gasteiger partial charge >= 0.3 is 0 Å². The van der Waals surface area contributed by atoms with Crippen LogP contribution in [0.1, 0.15) is 26.7 Å². The second-order valence-electron chi connectivity index (χ2n) is 4.07. The summed E-state index contributed by atoms with van der Waals surface area (Å²) in [7, 11) is 0. The van der Waals surface area contributed by atoms with E-state index in [-0.39, 0.29) is 0 Å². The predicted molar refractivity (Wildman–Crippen MR) is 74.3 cm³/mol. The molecule has 17 heavy (non-hydrogen) atoms. The molecule has 0 saturated carbocycles. The van der Waals surface area contributed by atoms with E-state index in [0.29, 0.717) is 28.4 Å². The largest absolute Gasteiger partial charge is 0.491 e. The third kappa shape index (κ3) is 5.62. The van der Waals surface area contributed by atoms with Crippen LogP contribution in [-0.4, -0.2) is 19.2 Å². The zero-order valence-corrected chi connectivity index (χ0v) is 11.8. The first-order valence-corrected chi connectivity index (χ1v) is 6.70. The van der Waals surface area contributed by atoms with Crippen molar-refractivity contribution >= 4 is 23.2 Å². The summed E-state index contributed by atoms with van der Waals surface area (Å²) in [5.74, 6) is 0.681. The topological polar surface area (TPSA) is 21.3 Å². The summed E-state index contributed by atoms with van der Waals surface area (Å²) < 4.78 is 5.57. The van der Waals surface area contributed by atoms with Gasteiger partial charge in [-0.2, -0.15) is 0 Å². The van der Waals surface area contributed by atoms with Gasteiger partial charge in [-0.1, -0.05) is 36.5 Å². The van der Waals surface area contributed by atoms with Crippen molar-refractivity contribution in [2.45, 2.75) is 32.7 Å². The first-order chi connectivity index (χ1) is 8.13. The lowest BCUT2D eigenvalue weighted by atomic mass is 10.2. The molecule has 1 aromatic rings. The van der Waals surface area contributed by atoms with E-state index in [9.17, 15) is 0 Å². The Hall–Kier alpha value is -0.440. The van der Waals surface area contributed by atoms with Gasteiger partial charge in [-0.15, -0.1) is 0 Å². The van der Waals surface area contributed by atoms with Gasteiger partial charge in [0.15, 0.2) is 0 Å². The Labute approximate surface area is 113 Å². The van der Waals surface area contributed by atoms with Crippen molar-refractivity contribution in [1.82, 2.24) is 5.32 Å². The Morgan fingerprint density at radius 3 is 2.76 bits per heavy atom. The van der Waals surface area contributed by atoms with Crippen LogP contribution >= 0.6 is 23.2 Å². The van der Waals surface area contributed by atoms with Crippen LogP contribution in [0.2, 0.25) is 10.0 Å². The number of hydrogen-bond acceptors (Lipinski definition) is 2. The first-order valence-electron chi connectivity index (χ1n) is 5.94. The molecule has 4 heteroatoms. The molecular weight excluding hydrogens is 257 g/mol. The van der Waals surface area contributed by atoms with Crippen molar-refractivity contribution in [1.29, 1.82) is 0 Å². The minimum atomic E-state index is 0.532. The Bertz CT molecular complexity index is 344. The summed E-state index contributed by atoms with van der Waals surface area (Å²) in [5, 5.41) is 4.57. The van der Waals surface area contributed by atoms with Gasteiger partial charge in [0.05, 0.1) is 5.02 Å². The molecule has 0 bridgehead atoms. The lowest BCUT2D eigenvalue weighted by Gasteiger charge is -2.13. The van der Waals surface area contributed by atoms with Crippen LogP contribution in [0.15, 0.2) is 18.2 Å². The second kappa shape index (κ2) is 7.80. The number of nitrogens with one attached hydrogen (secondary N) is 1. The quantitative estimate of drug-likeness (QED) is 0.755. The second-order valence-corrected chi connectivity index (χ2v) is 4.91. The van der Waals surface area contributed by atoms with Crippen LogP contribution in [0.3, 0.4) is 0 Å². The average molecular weight is 276 g/mol. The fourth-order valence-corrected chi connectivity index (χ4v) is 2.06. The highest BCUT2D eigenvalue weighted by atomic mass is 35.5. The van der Waals surface area contributed by atoms with Crippen LogP contribution < -0.4 is 10.1 Å². The molecule has 0 radical (unpaired) electrons. The molecule has 1 N–H and O–H groups in total. The van der Waals surface area contributed by atoms with Gasteiger partial charge in [-0.05, 0) is 31.5 Å². The molecule has 1 aromatic carbocycles. The van der Waals surface area contributed by atoms with Crippen molar-refractivity contribution < 1.29 is 4.74 Å². The van der Waals surface area contributed by atoms with Gasteiger partial charge in [0.25, 0.3) is 0 Å². The van der Waals surface area contributed by atoms with E-state index < -0.39 is 0 Å². The summed E-state index contributed by atoms with van der Waals surface area (Å²) in [4.78, 5) is 0. The van der Waals surface area contributed by atoms with Crippen molar-refractivity contribution in [3.63, 3.8) is 0 Å². The summed E-state index contributed by atoms with van der Waals surface area (Å²) in [6.45, 7) is 5.79. The molecule has 0 heterocycles. The number of ether oxygens (including phenoxy) is 1. The predicted octanol–water partition coefficient (Wildman–Crippen LogP) is 4.15. The minimum Gasteiger partial charge on any atom is -0.491 e. The molecule has 0 saturated heterocycles. The monoisotopic (exact) mass is 275 g/mol. The molecule has 0 spiro atoms. The molecule has 0 aliphatic heterocycles. The normalized spacial score (nSPS) is 12.5. The first kappa shape index (κ1) is 14.6. The van der Waals surface area contributed by atoms with Crippen molar-refractivity contribution in [2.24, 2.45) is 0 Å². The fourth-order valence-electron chi connectivity index (χ4n) is 1.59. The maximum Gasteiger partial charge on any atom is 0.138 e. The van der Waals surface area contributed by atoms with E-state index in [2.05, 4.69) is 19.2 Å². The van der Waals surface area contributed by atoms with Crippen LogP contribution in [-0.2, 0) is 0 Å². The Morgan fingerprint density at radius 1 is 1.35 bits per heavy atom. The summed E-state index contributed by atoms with van der Waals surface area (Å²) in [6, 6.07) is 5.78. The molecule has 0 aliphatic rings. The number of halogens is 2. The molecular formula is C13H19Cl2NO. The molecule has 1 atom stereocenters. The zero-order valence-electron chi connectivity index (χ0n) is 10.3. The van der Waals surface area contributed by atoms with Crippen LogP contribution in [0.4, 0.5) is 0 Å². The van der Waals surface area contributed by atoms with Crippen molar-refractivity contribution in [3.05, 3.63) is 28.2 Å². The van der Waals surface area contributed by atoms with Crippen LogP contribution in [0, 0.1) is 0 Å². The SMILES string of the molecule is CCCC(C)NCCOc1ccc(Cl)cc1Cl. The third-order valence-electron chi connectivity index (χ3n) is 2.47. The third-order valence-corrected chi connectivity index (χ3v) is 3.00. The maximum atomic E-state index is 5.99. The number of benzene rings is 1. The molecule has 2 nitrogen and oxygen atoms in total. The van der Waals surface area contributed by atoms with E-state index in [1.807, 2.05) is 0 Å². The van der Waals surface area contributed by atoms with Crippen molar-refractivity contribution in [2.75, 3.05) is 13.2 Å². The summed E-state index contributed by atoms with van der Waals surface area (Å²) in [6.07, 6.45) is 2.37.